The molecule has 0 aliphatic rings. The zero-order chi connectivity index (χ0) is 6.57. The van der Waals surface area contributed by atoms with Gasteiger partial charge in [0.25, 0.3) is 0 Å². The second-order valence-electron chi connectivity index (χ2n) is 1.34. The standard InChI is InChI=1S/C4H9IN2O/c1-3(5)7-4(8)6-2/h3H,1-2H3,(H2,6,7,8). The summed E-state index contributed by atoms with van der Waals surface area (Å²) in [6.07, 6.45) is 0. The van der Waals surface area contributed by atoms with Gasteiger partial charge in [-0.15, -0.1) is 0 Å². The molecular formula is C4H9IN2O. The highest BCUT2D eigenvalue weighted by Gasteiger charge is 1.97. The Balaban J connectivity index is 3.25. The van der Waals surface area contributed by atoms with Crippen LogP contribution in [0.25, 0.3) is 0 Å². The highest BCUT2D eigenvalue weighted by atomic mass is 127. The maximum absolute atomic E-state index is 10.4. The molecule has 0 spiro atoms. The van der Waals surface area contributed by atoms with Crippen molar-refractivity contribution >= 4 is 28.6 Å². The maximum atomic E-state index is 10.4. The van der Waals surface area contributed by atoms with E-state index < -0.39 is 0 Å². The summed E-state index contributed by atoms with van der Waals surface area (Å²) < 4.78 is 0.188. The summed E-state index contributed by atoms with van der Waals surface area (Å²) in [5.74, 6) is 0. The van der Waals surface area contributed by atoms with E-state index in [-0.39, 0.29) is 10.1 Å². The van der Waals surface area contributed by atoms with Crippen LogP contribution in [0.3, 0.4) is 0 Å². The Bertz CT molecular complexity index is 84.1. The summed E-state index contributed by atoms with van der Waals surface area (Å²) in [4.78, 5) is 10.4. The first-order valence-corrected chi connectivity index (χ1v) is 3.53. The number of amides is 2. The second kappa shape index (κ2) is 3.94. The lowest BCUT2D eigenvalue weighted by Gasteiger charge is -2.03. The van der Waals surface area contributed by atoms with Gasteiger partial charge in [-0.05, 0) is 6.92 Å². The Kier molecular flexibility index (Phi) is 3.94. The molecule has 0 rings (SSSR count). The minimum Gasteiger partial charge on any atom is -0.341 e. The molecule has 0 bridgehead atoms. The summed E-state index contributed by atoms with van der Waals surface area (Å²) in [6, 6.07) is -0.132. The van der Waals surface area contributed by atoms with Crippen LogP contribution in [0, 0.1) is 0 Å². The summed E-state index contributed by atoms with van der Waals surface area (Å²) in [6.45, 7) is 1.90. The van der Waals surface area contributed by atoms with Crippen LogP contribution in [-0.4, -0.2) is 17.1 Å². The molecule has 48 valence electrons. The largest absolute Gasteiger partial charge is 0.341 e. The lowest BCUT2D eigenvalue weighted by Crippen LogP contribution is -2.35. The number of rotatable bonds is 1. The Morgan fingerprint density at radius 3 is 2.38 bits per heavy atom. The molecule has 8 heavy (non-hydrogen) atoms. The monoisotopic (exact) mass is 228 g/mol. The number of urea groups is 1. The van der Waals surface area contributed by atoms with Gasteiger partial charge in [-0.2, -0.15) is 0 Å². The lowest BCUT2D eigenvalue weighted by atomic mass is 10.7. The Hall–Kier alpha value is 0. The molecule has 1 atom stereocenters. The number of carbonyl (C=O) groups is 1. The smallest absolute Gasteiger partial charge is 0.315 e. The molecule has 0 aromatic heterocycles. The average molecular weight is 228 g/mol. The quantitative estimate of drug-likeness (QED) is 0.387. The van der Waals surface area contributed by atoms with E-state index in [1.54, 1.807) is 7.05 Å². The maximum Gasteiger partial charge on any atom is 0.315 e. The van der Waals surface area contributed by atoms with Crippen molar-refractivity contribution in [2.45, 2.75) is 11.0 Å². The van der Waals surface area contributed by atoms with Crippen molar-refractivity contribution in [3.05, 3.63) is 0 Å². The van der Waals surface area contributed by atoms with E-state index in [1.165, 1.54) is 0 Å². The van der Waals surface area contributed by atoms with Gasteiger partial charge < -0.3 is 10.6 Å². The fourth-order valence-electron chi connectivity index (χ4n) is 0.253. The molecule has 0 heterocycles. The van der Waals surface area contributed by atoms with Crippen molar-refractivity contribution in [2.75, 3.05) is 7.05 Å². The van der Waals surface area contributed by atoms with Crippen molar-refractivity contribution in [1.82, 2.24) is 10.6 Å². The van der Waals surface area contributed by atoms with Gasteiger partial charge in [-0.1, -0.05) is 22.6 Å². The Labute approximate surface area is 62.4 Å². The predicted octanol–water partition coefficient (Wildman–Crippen LogP) is 0.696. The molecule has 0 saturated heterocycles. The molecule has 3 nitrogen and oxygen atoms in total. The first kappa shape index (κ1) is 8.00. The lowest BCUT2D eigenvalue weighted by molar-refractivity contribution is 0.243. The van der Waals surface area contributed by atoms with Gasteiger partial charge in [0.1, 0.15) is 0 Å². The van der Waals surface area contributed by atoms with Gasteiger partial charge in [0, 0.05) is 7.05 Å². The van der Waals surface area contributed by atoms with Gasteiger partial charge in [0.05, 0.1) is 4.05 Å². The molecule has 4 heteroatoms. The van der Waals surface area contributed by atoms with Crippen LogP contribution < -0.4 is 10.6 Å². The zero-order valence-corrected chi connectivity index (χ0v) is 7.02. The fourth-order valence-corrected chi connectivity index (χ4v) is 0.536. The molecule has 2 N–H and O–H groups in total. The van der Waals surface area contributed by atoms with Crippen molar-refractivity contribution in [3.8, 4) is 0 Å². The third-order valence-electron chi connectivity index (χ3n) is 0.557. The fraction of sp³-hybridized carbons (Fsp3) is 0.750. The molecule has 1 unspecified atom stereocenters. The third-order valence-corrected chi connectivity index (χ3v) is 0.868. The number of halogens is 1. The summed E-state index contributed by atoms with van der Waals surface area (Å²) in [5.41, 5.74) is 0. The van der Waals surface area contributed by atoms with Crippen molar-refractivity contribution < 1.29 is 4.79 Å². The average Bonchev–Trinajstić information content (AvgIpc) is 1.65. The number of nitrogens with one attached hydrogen (secondary N) is 2. The number of hydrogen-bond donors (Lipinski definition) is 2. The van der Waals surface area contributed by atoms with Crippen LogP contribution in [0.15, 0.2) is 0 Å². The first-order valence-electron chi connectivity index (χ1n) is 2.29. The first-order chi connectivity index (χ1) is 3.66. The second-order valence-corrected chi connectivity index (χ2v) is 3.21. The predicted molar refractivity (Wildman–Crippen MR) is 41.1 cm³/mol. The van der Waals surface area contributed by atoms with Crippen molar-refractivity contribution in [1.29, 1.82) is 0 Å². The number of alkyl halides is 1. The third kappa shape index (κ3) is 4.17. The van der Waals surface area contributed by atoms with Gasteiger partial charge in [-0.3, -0.25) is 0 Å². The topological polar surface area (TPSA) is 41.1 Å². The van der Waals surface area contributed by atoms with Crippen LogP contribution in [0.4, 0.5) is 4.79 Å². The van der Waals surface area contributed by atoms with E-state index in [2.05, 4.69) is 33.2 Å². The van der Waals surface area contributed by atoms with Gasteiger partial charge in [0.2, 0.25) is 0 Å². The van der Waals surface area contributed by atoms with Gasteiger partial charge in [-0.25, -0.2) is 4.79 Å². The summed E-state index contributed by atoms with van der Waals surface area (Å²) in [7, 11) is 1.59. The Morgan fingerprint density at radius 1 is 1.75 bits per heavy atom. The molecule has 0 saturated carbocycles. The van der Waals surface area contributed by atoms with Crippen LogP contribution in [-0.2, 0) is 0 Å². The molecule has 0 radical (unpaired) electrons. The van der Waals surface area contributed by atoms with E-state index in [0.717, 1.165) is 0 Å². The van der Waals surface area contributed by atoms with Crippen molar-refractivity contribution in [3.63, 3.8) is 0 Å². The number of hydrogen-bond acceptors (Lipinski definition) is 1. The highest BCUT2D eigenvalue weighted by Crippen LogP contribution is 1.90. The molecule has 2 amide bonds. The van der Waals surface area contributed by atoms with E-state index in [1.807, 2.05) is 6.92 Å². The molecule has 0 aromatic carbocycles. The van der Waals surface area contributed by atoms with E-state index in [4.69, 9.17) is 0 Å². The molecule has 0 aromatic rings. The van der Waals surface area contributed by atoms with Crippen LogP contribution in [0.5, 0.6) is 0 Å². The highest BCUT2D eigenvalue weighted by molar-refractivity contribution is 14.1. The SMILES string of the molecule is CNC(=O)NC(C)I. The number of carbonyl (C=O) groups excluding carboxylic acids is 1. The minimum absolute atomic E-state index is 0.132. The normalized spacial score (nSPS) is 12.4. The zero-order valence-electron chi connectivity index (χ0n) is 4.86. The van der Waals surface area contributed by atoms with Crippen LogP contribution >= 0.6 is 22.6 Å². The van der Waals surface area contributed by atoms with Gasteiger partial charge >= 0.3 is 6.03 Å². The molecular weight excluding hydrogens is 219 g/mol. The molecule has 0 aliphatic carbocycles. The van der Waals surface area contributed by atoms with Crippen LogP contribution in [0.2, 0.25) is 0 Å². The summed E-state index contributed by atoms with van der Waals surface area (Å²) in [5, 5.41) is 5.07. The van der Waals surface area contributed by atoms with E-state index in [9.17, 15) is 4.79 Å². The van der Waals surface area contributed by atoms with Gasteiger partial charge in [0.15, 0.2) is 0 Å². The summed E-state index contributed by atoms with van der Waals surface area (Å²) >= 11 is 2.11. The molecule has 0 aliphatic heterocycles. The van der Waals surface area contributed by atoms with E-state index >= 15 is 0 Å². The van der Waals surface area contributed by atoms with Crippen molar-refractivity contribution in [2.24, 2.45) is 0 Å². The van der Waals surface area contributed by atoms with E-state index in [0.29, 0.717) is 0 Å². The Morgan fingerprint density at radius 2 is 2.25 bits per heavy atom. The molecule has 0 fully saturated rings. The van der Waals surface area contributed by atoms with Crippen LogP contribution in [0.1, 0.15) is 6.92 Å². The minimum atomic E-state index is -0.132.